The molecular weight excluding hydrogens is 288 g/mol. The standard InChI is InChI=1S/C15H21BrN2/c16-12-6-11-8-17-4-5-18-9-10-2-1-3-13(10)14(7-12)15(11)18/h6,10,12-13,17H,1-5,7-9H2. The summed E-state index contributed by atoms with van der Waals surface area (Å²) in [6.45, 7) is 4.72. The number of nitrogens with zero attached hydrogens (tertiary/aromatic N) is 1. The zero-order valence-corrected chi connectivity index (χ0v) is 12.4. The normalized spacial score (nSPS) is 39.1. The van der Waals surface area contributed by atoms with Crippen molar-refractivity contribution in [3.63, 3.8) is 0 Å². The van der Waals surface area contributed by atoms with Crippen LogP contribution in [0.4, 0.5) is 0 Å². The summed E-state index contributed by atoms with van der Waals surface area (Å²) >= 11 is 3.84. The van der Waals surface area contributed by atoms with Crippen LogP contribution in [0, 0.1) is 11.8 Å². The van der Waals surface area contributed by atoms with Crippen molar-refractivity contribution in [3.8, 4) is 0 Å². The Bertz CT molecular complexity index is 426. The predicted molar refractivity (Wildman–Crippen MR) is 77.7 cm³/mol. The maximum atomic E-state index is 3.84. The molecule has 3 heteroatoms. The van der Waals surface area contributed by atoms with Crippen LogP contribution in [-0.2, 0) is 0 Å². The molecule has 0 spiro atoms. The quantitative estimate of drug-likeness (QED) is 0.692. The Morgan fingerprint density at radius 2 is 2.28 bits per heavy atom. The summed E-state index contributed by atoms with van der Waals surface area (Å²) in [5.41, 5.74) is 4.98. The molecule has 0 amide bonds. The van der Waals surface area contributed by atoms with Crippen molar-refractivity contribution < 1.29 is 0 Å². The lowest BCUT2D eigenvalue weighted by Crippen LogP contribution is -2.40. The minimum Gasteiger partial charge on any atom is -0.370 e. The van der Waals surface area contributed by atoms with Crippen LogP contribution in [0.5, 0.6) is 0 Å². The van der Waals surface area contributed by atoms with Crippen LogP contribution >= 0.6 is 15.9 Å². The molecule has 2 aliphatic carbocycles. The number of halogens is 1. The fourth-order valence-electron chi connectivity index (χ4n) is 4.47. The van der Waals surface area contributed by atoms with E-state index in [0.29, 0.717) is 4.83 Å². The second-order valence-corrected chi connectivity index (χ2v) is 7.38. The molecule has 2 fully saturated rings. The highest BCUT2D eigenvalue weighted by molar-refractivity contribution is 9.09. The Morgan fingerprint density at radius 3 is 3.22 bits per heavy atom. The molecule has 1 saturated carbocycles. The Labute approximate surface area is 118 Å². The van der Waals surface area contributed by atoms with Gasteiger partial charge in [0.05, 0.1) is 0 Å². The van der Waals surface area contributed by atoms with Crippen molar-refractivity contribution in [2.45, 2.75) is 30.5 Å². The van der Waals surface area contributed by atoms with E-state index in [-0.39, 0.29) is 0 Å². The molecule has 3 atom stereocenters. The Hall–Kier alpha value is -0.280. The number of hydrogen-bond acceptors (Lipinski definition) is 2. The molecule has 0 aromatic rings. The summed E-state index contributed by atoms with van der Waals surface area (Å²) in [6, 6.07) is 0. The number of rotatable bonds is 0. The van der Waals surface area contributed by atoms with Crippen molar-refractivity contribution in [1.29, 1.82) is 0 Å². The van der Waals surface area contributed by atoms with Gasteiger partial charge in [0.2, 0.25) is 0 Å². The van der Waals surface area contributed by atoms with Crippen LogP contribution in [-0.4, -0.2) is 35.9 Å². The Kier molecular flexibility index (Phi) is 2.81. The molecule has 2 heterocycles. The lowest BCUT2D eigenvalue weighted by molar-refractivity contribution is 0.233. The molecule has 2 aliphatic heterocycles. The third-order valence-corrected chi connectivity index (χ3v) is 5.75. The summed E-state index contributed by atoms with van der Waals surface area (Å²) in [6.07, 6.45) is 8.04. The zero-order chi connectivity index (χ0) is 12.1. The molecule has 4 rings (SSSR count). The molecule has 1 N–H and O–H groups in total. The van der Waals surface area contributed by atoms with Crippen LogP contribution < -0.4 is 5.32 Å². The van der Waals surface area contributed by atoms with Gasteiger partial charge in [-0.05, 0) is 42.2 Å². The fraction of sp³-hybridized carbons (Fsp3) is 0.733. The maximum Gasteiger partial charge on any atom is 0.0404 e. The zero-order valence-electron chi connectivity index (χ0n) is 10.8. The van der Waals surface area contributed by atoms with Gasteiger partial charge in [0.1, 0.15) is 0 Å². The SMILES string of the molecule is BrC1C=C2CNCCN3CC4CCCC4C(=C23)C1. The molecule has 18 heavy (non-hydrogen) atoms. The van der Waals surface area contributed by atoms with E-state index in [1.54, 1.807) is 16.8 Å². The predicted octanol–water partition coefficient (Wildman–Crippen LogP) is 2.67. The van der Waals surface area contributed by atoms with Gasteiger partial charge in [-0.15, -0.1) is 0 Å². The highest BCUT2D eigenvalue weighted by atomic mass is 79.9. The summed E-state index contributed by atoms with van der Waals surface area (Å²) < 4.78 is 0. The first-order valence-electron chi connectivity index (χ1n) is 7.37. The molecule has 0 radical (unpaired) electrons. The van der Waals surface area contributed by atoms with E-state index in [2.05, 4.69) is 32.2 Å². The fourth-order valence-corrected chi connectivity index (χ4v) is 5.14. The van der Waals surface area contributed by atoms with Gasteiger partial charge >= 0.3 is 0 Å². The van der Waals surface area contributed by atoms with Crippen molar-refractivity contribution in [3.05, 3.63) is 22.9 Å². The Balaban J connectivity index is 1.81. The smallest absolute Gasteiger partial charge is 0.0404 e. The van der Waals surface area contributed by atoms with Crippen LogP contribution in [0.3, 0.4) is 0 Å². The topological polar surface area (TPSA) is 15.3 Å². The molecule has 98 valence electrons. The lowest BCUT2D eigenvalue weighted by Gasteiger charge is -2.42. The molecule has 0 aromatic heterocycles. The molecule has 1 saturated heterocycles. The van der Waals surface area contributed by atoms with E-state index in [0.717, 1.165) is 24.9 Å². The third-order valence-electron chi connectivity index (χ3n) is 5.16. The summed E-state index contributed by atoms with van der Waals surface area (Å²) in [4.78, 5) is 3.25. The number of hydrogen-bond donors (Lipinski definition) is 1. The summed E-state index contributed by atoms with van der Waals surface area (Å²) in [7, 11) is 0. The average Bonchev–Trinajstić information content (AvgIpc) is 2.73. The first-order chi connectivity index (χ1) is 8.83. The number of nitrogens with one attached hydrogen (secondary N) is 1. The van der Waals surface area contributed by atoms with Gasteiger partial charge < -0.3 is 10.2 Å². The minimum atomic E-state index is 0.562. The van der Waals surface area contributed by atoms with Gasteiger partial charge in [0.15, 0.2) is 0 Å². The highest BCUT2D eigenvalue weighted by Gasteiger charge is 2.41. The lowest BCUT2D eigenvalue weighted by atomic mass is 9.77. The summed E-state index contributed by atoms with van der Waals surface area (Å²) in [5, 5.41) is 3.58. The van der Waals surface area contributed by atoms with E-state index in [4.69, 9.17) is 0 Å². The second kappa shape index (κ2) is 4.38. The number of fused-ring (bicyclic) bond motifs is 2. The molecule has 2 nitrogen and oxygen atoms in total. The van der Waals surface area contributed by atoms with Crippen molar-refractivity contribution in [2.24, 2.45) is 11.8 Å². The van der Waals surface area contributed by atoms with Crippen LogP contribution in [0.15, 0.2) is 22.9 Å². The average molecular weight is 309 g/mol. The van der Waals surface area contributed by atoms with Gasteiger partial charge in [-0.25, -0.2) is 0 Å². The number of allylic oxidation sites excluding steroid dienone is 2. The van der Waals surface area contributed by atoms with Crippen molar-refractivity contribution in [1.82, 2.24) is 10.2 Å². The molecule has 3 unspecified atom stereocenters. The van der Waals surface area contributed by atoms with E-state index in [9.17, 15) is 0 Å². The van der Waals surface area contributed by atoms with Crippen LogP contribution in [0.25, 0.3) is 0 Å². The Morgan fingerprint density at radius 1 is 1.33 bits per heavy atom. The van der Waals surface area contributed by atoms with Crippen molar-refractivity contribution >= 4 is 15.9 Å². The van der Waals surface area contributed by atoms with E-state index in [1.165, 1.54) is 38.8 Å². The summed E-state index contributed by atoms with van der Waals surface area (Å²) in [5.74, 6) is 1.85. The van der Waals surface area contributed by atoms with Gasteiger partial charge in [0, 0.05) is 36.7 Å². The first-order valence-corrected chi connectivity index (χ1v) is 8.28. The van der Waals surface area contributed by atoms with Gasteiger partial charge in [-0.1, -0.05) is 28.4 Å². The van der Waals surface area contributed by atoms with E-state index >= 15 is 0 Å². The molecule has 0 aromatic carbocycles. The monoisotopic (exact) mass is 308 g/mol. The third kappa shape index (κ3) is 1.70. The molecule has 4 aliphatic rings. The second-order valence-electron chi connectivity index (χ2n) is 6.21. The van der Waals surface area contributed by atoms with Crippen LogP contribution in [0.1, 0.15) is 25.7 Å². The maximum absolute atomic E-state index is 3.84. The largest absolute Gasteiger partial charge is 0.370 e. The van der Waals surface area contributed by atoms with Crippen molar-refractivity contribution in [2.75, 3.05) is 26.2 Å². The minimum absolute atomic E-state index is 0.562. The van der Waals surface area contributed by atoms with E-state index in [1.807, 2.05) is 0 Å². The van der Waals surface area contributed by atoms with Gasteiger partial charge in [-0.2, -0.15) is 0 Å². The number of alkyl halides is 1. The molecule has 0 bridgehead atoms. The van der Waals surface area contributed by atoms with E-state index < -0.39 is 0 Å². The molecular formula is C15H21BrN2. The highest BCUT2D eigenvalue weighted by Crippen LogP contribution is 2.48. The van der Waals surface area contributed by atoms with Gasteiger partial charge in [-0.3, -0.25) is 0 Å². The first kappa shape index (κ1) is 11.5. The van der Waals surface area contributed by atoms with Gasteiger partial charge in [0.25, 0.3) is 0 Å². The van der Waals surface area contributed by atoms with Crippen LogP contribution in [0.2, 0.25) is 0 Å².